The topological polar surface area (TPSA) is 111 Å². The maximum Gasteiger partial charge on any atom is 0.250 e. The van der Waals surface area contributed by atoms with E-state index >= 15 is 0 Å². The number of carbonyl (C=O) groups excluding carboxylic acids is 1. The van der Waals surface area contributed by atoms with E-state index in [0.29, 0.717) is 28.0 Å². The summed E-state index contributed by atoms with van der Waals surface area (Å²) >= 11 is 1.26. The summed E-state index contributed by atoms with van der Waals surface area (Å²) in [5.41, 5.74) is 6.76. The summed E-state index contributed by atoms with van der Waals surface area (Å²) < 4.78 is 12.3. The van der Waals surface area contributed by atoms with E-state index in [-0.39, 0.29) is 17.4 Å². The van der Waals surface area contributed by atoms with Crippen molar-refractivity contribution in [2.24, 2.45) is 5.10 Å². The van der Waals surface area contributed by atoms with Crippen LogP contribution >= 0.6 is 11.8 Å². The molecule has 0 aliphatic rings. The van der Waals surface area contributed by atoms with Crippen molar-refractivity contribution in [1.82, 2.24) is 20.2 Å². The Morgan fingerprint density at radius 3 is 2.43 bits per heavy atom. The molecule has 1 heterocycles. The van der Waals surface area contributed by atoms with Crippen molar-refractivity contribution in [1.29, 1.82) is 0 Å². The minimum Gasteiger partial charge on any atom is -0.504 e. The number of rotatable bonds is 9. The van der Waals surface area contributed by atoms with Crippen LogP contribution in [0.1, 0.15) is 18.1 Å². The van der Waals surface area contributed by atoms with Crippen molar-refractivity contribution in [2.45, 2.75) is 19.0 Å². The van der Waals surface area contributed by atoms with Gasteiger partial charge < -0.3 is 14.6 Å². The second-order valence-electron chi connectivity index (χ2n) is 8.11. The number of hydrogen-bond acceptors (Lipinski definition) is 8. The average molecular weight is 518 g/mol. The van der Waals surface area contributed by atoms with Gasteiger partial charge in [-0.15, -0.1) is 10.2 Å². The van der Waals surface area contributed by atoms with Gasteiger partial charge in [0.05, 0.1) is 25.7 Å². The SMILES string of the molecule is COc1ccc(-n2c(SCC(=O)NN=C(C)c3ccc(O)c(OC)c3)nnc2-c2ccc(C)cc2)cc1. The molecular weight excluding hydrogens is 490 g/mol. The predicted octanol–water partition coefficient (Wildman–Crippen LogP) is 4.60. The van der Waals surface area contributed by atoms with E-state index < -0.39 is 0 Å². The molecule has 1 amide bonds. The molecule has 0 unspecified atom stereocenters. The molecule has 0 spiro atoms. The Morgan fingerprint density at radius 2 is 1.76 bits per heavy atom. The van der Waals surface area contributed by atoms with Gasteiger partial charge in [0.15, 0.2) is 22.5 Å². The van der Waals surface area contributed by atoms with Crippen molar-refractivity contribution in [3.05, 3.63) is 77.9 Å². The number of methoxy groups -OCH3 is 2. The van der Waals surface area contributed by atoms with Crippen LogP contribution in [0.3, 0.4) is 0 Å². The zero-order chi connectivity index (χ0) is 26.4. The standard InChI is InChI=1S/C27H27N5O4S/c1-17-5-7-19(8-6-17)26-30-31-27(32(26)21-10-12-22(35-3)13-11-21)37-16-25(34)29-28-18(2)20-9-14-23(33)24(15-20)36-4/h5-15,33H,16H2,1-4H3,(H,29,34). The minimum absolute atomic E-state index is 0.0328. The van der Waals surface area contributed by atoms with Gasteiger partial charge in [0.25, 0.3) is 5.91 Å². The first-order chi connectivity index (χ1) is 17.9. The third-order valence-corrected chi connectivity index (χ3v) is 6.48. The van der Waals surface area contributed by atoms with Gasteiger partial charge in [-0.2, -0.15) is 5.10 Å². The highest BCUT2D eigenvalue weighted by Gasteiger charge is 2.17. The number of nitrogens with one attached hydrogen (secondary N) is 1. The first-order valence-corrected chi connectivity index (χ1v) is 12.4. The Bertz CT molecular complexity index is 1420. The van der Waals surface area contributed by atoms with Gasteiger partial charge in [-0.1, -0.05) is 41.6 Å². The lowest BCUT2D eigenvalue weighted by atomic mass is 10.1. The zero-order valence-corrected chi connectivity index (χ0v) is 21.7. The highest BCUT2D eigenvalue weighted by atomic mass is 32.2. The number of hydrazone groups is 1. The van der Waals surface area contributed by atoms with E-state index in [1.807, 2.05) is 60.0 Å². The number of phenolic OH excluding ortho intramolecular Hbond substituents is 1. The van der Waals surface area contributed by atoms with Gasteiger partial charge in [0.2, 0.25) is 0 Å². The van der Waals surface area contributed by atoms with Crippen molar-refractivity contribution >= 4 is 23.4 Å². The summed E-state index contributed by atoms with van der Waals surface area (Å²) in [6, 6.07) is 20.5. The number of ether oxygens (including phenoxy) is 2. The lowest BCUT2D eigenvalue weighted by Gasteiger charge is -2.11. The Hall–Kier alpha value is -4.31. The van der Waals surface area contributed by atoms with E-state index in [9.17, 15) is 9.90 Å². The number of amides is 1. The lowest BCUT2D eigenvalue weighted by molar-refractivity contribution is -0.118. The number of aromatic nitrogens is 3. The van der Waals surface area contributed by atoms with E-state index in [1.165, 1.54) is 24.9 Å². The quantitative estimate of drug-likeness (QED) is 0.190. The van der Waals surface area contributed by atoms with Crippen molar-refractivity contribution in [3.63, 3.8) is 0 Å². The van der Waals surface area contributed by atoms with E-state index in [0.717, 1.165) is 22.6 Å². The van der Waals surface area contributed by atoms with Crippen LogP contribution in [0.15, 0.2) is 77.0 Å². The summed E-state index contributed by atoms with van der Waals surface area (Å²) in [4.78, 5) is 12.6. The van der Waals surface area contributed by atoms with E-state index in [2.05, 4.69) is 20.7 Å². The zero-order valence-electron chi connectivity index (χ0n) is 20.9. The largest absolute Gasteiger partial charge is 0.504 e. The number of hydrogen-bond donors (Lipinski definition) is 2. The van der Waals surface area contributed by atoms with Crippen molar-refractivity contribution in [3.8, 4) is 34.3 Å². The van der Waals surface area contributed by atoms with Gasteiger partial charge in [-0.05, 0) is 56.3 Å². The number of nitrogens with zero attached hydrogens (tertiary/aromatic N) is 4. The first kappa shape index (κ1) is 25.8. The Labute approximate surface area is 219 Å². The second-order valence-corrected chi connectivity index (χ2v) is 9.06. The van der Waals surface area contributed by atoms with Crippen molar-refractivity contribution in [2.75, 3.05) is 20.0 Å². The fourth-order valence-corrected chi connectivity index (χ4v) is 4.24. The van der Waals surface area contributed by atoms with Crippen LogP contribution in [-0.4, -0.2) is 51.5 Å². The molecule has 0 aliphatic heterocycles. The number of aromatic hydroxyl groups is 1. The molecule has 1 aromatic heterocycles. The Balaban J connectivity index is 1.52. The third kappa shape index (κ3) is 6.10. The molecule has 0 atom stereocenters. The van der Waals surface area contributed by atoms with Gasteiger partial charge in [0.1, 0.15) is 5.75 Å². The Morgan fingerprint density at radius 1 is 1.03 bits per heavy atom. The van der Waals surface area contributed by atoms with Crippen LogP contribution in [0.4, 0.5) is 0 Å². The van der Waals surface area contributed by atoms with Crippen molar-refractivity contribution < 1.29 is 19.4 Å². The van der Waals surface area contributed by atoms with Crippen LogP contribution in [0, 0.1) is 6.92 Å². The fourth-order valence-electron chi connectivity index (χ4n) is 3.49. The third-order valence-electron chi connectivity index (χ3n) is 5.55. The molecule has 4 aromatic rings. The van der Waals surface area contributed by atoms with E-state index in [4.69, 9.17) is 9.47 Å². The van der Waals surface area contributed by atoms with Gasteiger partial charge in [0, 0.05) is 16.8 Å². The molecule has 0 radical (unpaired) electrons. The summed E-state index contributed by atoms with van der Waals surface area (Å²) in [5.74, 6) is 1.56. The van der Waals surface area contributed by atoms with Crippen LogP contribution in [0.5, 0.6) is 17.2 Å². The van der Waals surface area contributed by atoms with Gasteiger partial charge in [-0.25, -0.2) is 5.43 Å². The monoisotopic (exact) mass is 517 g/mol. The normalized spacial score (nSPS) is 11.3. The van der Waals surface area contributed by atoms with Crippen LogP contribution < -0.4 is 14.9 Å². The van der Waals surface area contributed by atoms with Gasteiger partial charge in [-0.3, -0.25) is 9.36 Å². The lowest BCUT2D eigenvalue weighted by Crippen LogP contribution is -2.21. The highest BCUT2D eigenvalue weighted by molar-refractivity contribution is 7.99. The summed E-state index contributed by atoms with van der Waals surface area (Å²) in [7, 11) is 3.09. The van der Waals surface area contributed by atoms with E-state index in [1.54, 1.807) is 26.2 Å². The molecule has 37 heavy (non-hydrogen) atoms. The molecule has 3 aromatic carbocycles. The Kier molecular flexibility index (Phi) is 8.09. The molecule has 2 N–H and O–H groups in total. The molecule has 190 valence electrons. The number of aryl methyl sites for hydroxylation is 1. The summed E-state index contributed by atoms with van der Waals surface area (Å²) in [6.07, 6.45) is 0. The highest BCUT2D eigenvalue weighted by Crippen LogP contribution is 2.29. The summed E-state index contributed by atoms with van der Waals surface area (Å²) in [6.45, 7) is 3.79. The number of phenols is 1. The second kappa shape index (κ2) is 11.6. The molecule has 0 fully saturated rings. The van der Waals surface area contributed by atoms with Gasteiger partial charge >= 0.3 is 0 Å². The number of benzene rings is 3. The first-order valence-electron chi connectivity index (χ1n) is 11.4. The number of thioether (sulfide) groups is 1. The fraction of sp³-hybridized carbons (Fsp3) is 0.185. The smallest absolute Gasteiger partial charge is 0.250 e. The summed E-state index contributed by atoms with van der Waals surface area (Å²) in [5, 5.41) is 23.3. The molecule has 0 aliphatic carbocycles. The van der Waals surface area contributed by atoms with Crippen LogP contribution in [0.2, 0.25) is 0 Å². The molecule has 0 bridgehead atoms. The number of carbonyl (C=O) groups is 1. The maximum atomic E-state index is 12.6. The molecule has 0 saturated carbocycles. The van der Waals surface area contributed by atoms with Crippen LogP contribution in [-0.2, 0) is 4.79 Å². The van der Waals surface area contributed by atoms with Crippen LogP contribution in [0.25, 0.3) is 17.1 Å². The maximum absolute atomic E-state index is 12.6. The average Bonchev–Trinajstić information content (AvgIpc) is 3.35. The molecule has 0 saturated heterocycles. The molecule has 10 heteroatoms. The minimum atomic E-state index is -0.295. The predicted molar refractivity (Wildman–Crippen MR) is 144 cm³/mol. The molecule has 4 rings (SSSR count). The molecule has 9 nitrogen and oxygen atoms in total. The molecular formula is C27H27N5O4S.